The monoisotopic (exact) mass is 352 g/mol. The van der Waals surface area contributed by atoms with Crippen LogP contribution in [0.5, 0.6) is 11.5 Å². The van der Waals surface area contributed by atoms with Crippen molar-refractivity contribution in [1.82, 2.24) is 0 Å². The van der Waals surface area contributed by atoms with Gasteiger partial charge in [-0.25, -0.2) is 4.39 Å². The van der Waals surface area contributed by atoms with Crippen molar-refractivity contribution in [3.63, 3.8) is 0 Å². The van der Waals surface area contributed by atoms with Crippen molar-refractivity contribution < 1.29 is 18.7 Å². The molecule has 0 spiro atoms. The third-order valence-electron chi connectivity index (χ3n) is 3.09. The van der Waals surface area contributed by atoms with Crippen LogP contribution in [0, 0.1) is 5.82 Å². The molecular formula is C16H14BrFO3. The van der Waals surface area contributed by atoms with Gasteiger partial charge in [0.15, 0.2) is 5.78 Å². The second kappa shape index (κ2) is 6.72. The van der Waals surface area contributed by atoms with Gasteiger partial charge < -0.3 is 9.47 Å². The summed E-state index contributed by atoms with van der Waals surface area (Å²) in [4.78, 5) is 12.4. The molecule has 2 aromatic carbocycles. The lowest BCUT2D eigenvalue weighted by atomic mass is 10.0. The van der Waals surface area contributed by atoms with Crippen molar-refractivity contribution >= 4 is 21.7 Å². The first-order chi connectivity index (χ1) is 10.1. The van der Waals surface area contributed by atoms with Gasteiger partial charge in [0.2, 0.25) is 0 Å². The van der Waals surface area contributed by atoms with Crippen LogP contribution in [-0.2, 0) is 6.42 Å². The van der Waals surface area contributed by atoms with Crippen LogP contribution in [0.25, 0.3) is 0 Å². The molecule has 0 aliphatic carbocycles. The maximum absolute atomic E-state index is 13.5. The van der Waals surface area contributed by atoms with Crippen LogP contribution in [0.15, 0.2) is 40.9 Å². The number of ether oxygens (including phenoxy) is 2. The van der Waals surface area contributed by atoms with E-state index in [9.17, 15) is 9.18 Å². The first-order valence-corrected chi connectivity index (χ1v) is 7.04. The Kier molecular flexibility index (Phi) is 4.96. The molecule has 0 N–H and O–H groups in total. The standard InChI is InChI=1S/C16H14BrFO3/c1-20-11-6-7-12(15(9-11)21-2)14(19)8-10-4-3-5-13(18)16(10)17/h3-7,9H,8H2,1-2H3. The summed E-state index contributed by atoms with van der Waals surface area (Å²) in [6, 6.07) is 9.61. The van der Waals surface area contributed by atoms with E-state index in [0.29, 0.717) is 27.1 Å². The highest BCUT2D eigenvalue weighted by atomic mass is 79.9. The molecule has 0 heterocycles. The Hall–Kier alpha value is -1.88. The van der Waals surface area contributed by atoms with Gasteiger partial charge in [0, 0.05) is 12.5 Å². The zero-order chi connectivity index (χ0) is 15.4. The van der Waals surface area contributed by atoms with Crippen LogP contribution in [0.4, 0.5) is 4.39 Å². The normalized spacial score (nSPS) is 10.3. The van der Waals surface area contributed by atoms with Crippen LogP contribution in [0.1, 0.15) is 15.9 Å². The third-order valence-corrected chi connectivity index (χ3v) is 3.98. The average molecular weight is 353 g/mol. The molecule has 0 radical (unpaired) electrons. The first kappa shape index (κ1) is 15.5. The zero-order valence-electron chi connectivity index (χ0n) is 11.7. The highest BCUT2D eigenvalue weighted by molar-refractivity contribution is 9.10. The molecule has 110 valence electrons. The molecule has 2 aromatic rings. The van der Waals surface area contributed by atoms with E-state index in [1.54, 1.807) is 37.4 Å². The lowest BCUT2D eigenvalue weighted by Gasteiger charge is -2.10. The van der Waals surface area contributed by atoms with E-state index in [1.807, 2.05) is 0 Å². The molecule has 0 amide bonds. The smallest absolute Gasteiger partial charge is 0.171 e. The molecule has 0 aliphatic heterocycles. The van der Waals surface area contributed by atoms with Gasteiger partial charge in [0.05, 0.1) is 24.3 Å². The van der Waals surface area contributed by atoms with Gasteiger partial charge in [-0.2, -0.15) is 0 Å². The van der Waals surface area contributed by atoms with E-state index in [2.05, 4.69) is 15.9 Å². The van der Waals surface area contributed by atoms with Crippen molar-refractivity contribution in [3.8, 4) is 11.5 Å². The molecule has 0 saturated carbocycles. The van der Waals surface area contributed by atoms with Crippen LogP contribution in [0.2, 0.25) is 0 Å². The maximum atomic E-state index is 13.5. The minimum Gasteiger partial charge on any atom is -0.497 e. The number of carbonyl (C=O) groups is 1. The van der Waals surface area contributed by atoms with E-state index in [-0.39, 0.29) is 18.0 Å². The topological polar surface area (TPSA) is 35.5 Å². The molecule has 0 fully saturated rings. The summed E-state index contributed by atoms with van der Waals surface area (Å²) < 4.78 is 24.1. The minimum absolute atomic E-state index is 0.0844. The number of ketones is 1. The van der Waals surface area contributed by atoms with Crippen LogP contribution < -0.4 is 9.47 Å². The fourth-order valence-corrected chi connectivity index (χ4v) is 2.39. The Balaban J connectivity index is 2.30. The van der Waals surface area contributed by atoms with Crippen LogP contribution in [-0.4, -0.2) is 20.0 Å². The van der Waals surface area contributed by atoms with Crippen molar-refractivity contribution in [2.45, 2.75) is 6.42 Å². The van der Waals surface area contributed by atoms with E-state index < -0.39 is 0 Å². The minimum atomic E-state index is -0.387. The first-order valence-electron chi connectivity index (χ1n) is 6.25. The highest BCUT2D eigenvalue weighted by Crippen LogP contribution is 2.27. The Morgan fingerprint density at radius 3 is 2.62 bits per heavy atom. The number of hydrogen-bond acceptors (Lipinski definition) is 3. The predicted molar refractivity (Wildman–Crippen MR) is 81.7 cm³/mol. The second-order valence-corrected chi connectivity index (χ2v) is 5.17. The van der Waals surface area contributed by atoms with E-state index in [1.165, 1.54) is 13.2 Å². The fraction of sp³-hybridized carbons (Fsp3) is 0.188. The Morgan fingerprint density at radius 2 is 1.95 bits per heavy atom. The molecule has 0 atom stereocenters. The van der Waals surface area contributed by atoms with Gasteiger partial charge in [0.25, 0.3) is 0 Å². The summed E-state index contributed by atoms with van der Waals surface area (Å²) in [5.41, 5.74) is 1.03. The maximum Gasteiger partial charge on any atom is 0.171 e. The predicted octanol–water partition coefficient (Wildman–Crippen LogP) is 4.03. The fourth-order valence-electron chi connectivity index (χ4n) is 1.98. The van der Waals surface area contributed by atoms with Crippen molar-refractivity contribution in [2.24, 2.45) is 0 Å². The van der Waals surface area contributed by atoms with Gasteiger partial charge in [0.1, 0.15) is 17.3 Å². The summed E-state index contributed by atoms with van der Waals surface area (Å²) in [6.45, 7) is 0. The van der Waals surface area contributed by atoms with Gasteiger partial charge in [-0.1, -0.05) is 12.1 Å². The van der Waals surface area contributed by atoms with Crippen LogP contribution in [0.3, 0.4) is 0 Å². The molecule has 0 aliphatic rings. The molecule has 2 rings (SSSR count). The van der Waals surface area contributed by atoms with Gasteiger partial charge in [-0.3, -0.25) is 4.79 Å². The number of carbonyl (C=O) groups excluding carboxylic acids is 1. The number of rotatable bonds is 5. The number of benzene rings is 2. The number of Topliss-reactive ketones (excluding diaryl/α,β-unsaturated/α-hetero) is 1. The molecule has 21 heavy (non-hydrogen) atoms. The lowest BCUT2D eigenvalue weighted by molar-refractivity contribution is 0.0990. The number of halogens is 2. The van der Waals surface area contributed by atoms with Crippen molar-refractivity contribution in [1.29, 1.82) is 0 Å². The van der Waals surface area contributed by atoms with Gasteiger partial charge in [-0.05, 0) is 39.7 Å². The highest BCUT2D eigenvalue weighted by Gasteiger charge is 2.16. The van der Waals surface area contributed by atoms with E-state index in [4.69, 9.17) is 9.47 Å². The van der Waals surface area contributed by atoms with Gasteiger partial charge in [-0.15, -0.1) is 0 Å². The number of hydrogen-bond donors (Lipinski definition) is 0. The summed E-state index contributed by atoms with van der Waals surface area (Å²) in [7, 11) is 3.03. The zero-order valence-corrected chi connectivity index (χ0v) is 13.2. The summed E-state index contributed by atoms with van der Waals surface area (Å²) in [5, 5.41) is 0. The number of methoxy groups -OCH3 is 2. The van der Waals surface area contributed by atoms with Crippen molar-refractivity contribution in [2.75, 3.05) is 14.2 Å². The Labute approximate surface area is 130 Å². The van der Waals surface area contributed by atoms with Crippen LogP contribution >= 0.6 is 15.9 Å². The van der Waals surface area contributed by atoms with Gasteiger partial charge >= 0.3 is 0 Å². The third kappa shape index (κ3) is 3.42. The molecule has 5 heteroatoms. The molecule has 0 bridgehead atoms. The summed E-state index contributed by atoms with van der Waals surface area (Å²) in [5.74, 6) is 0.505. The van der Waals surface area contributed by atoms with E-state index >= 15 is 0 Å². The quantitative estimate of drug-likeness (QED) is 0.762. The molecule has 0 unspecified atom stereocenters. The largest absolute Gasteiger partial charge is 0.497 e. The molecular weight excluding hydrogens is 339 g/mol. The molecule has 0 saturated heterocycles. The summed E-state index contributed by atoms with van der Waals surface area (Å²) >= 11 is 3.16. The Morgan fingerprint density at radius 1 is 1.19 bits per heavy atom. The summed E-state index contributed by atoms with van der Waals surface area (Å²) in [6.07, 6.45) is 0.0844. The molecule has 0 aromatic heterocycles. The SMILES string of the molecule is COc1ccc(C(=O)Cc2cccc(F)c2Br)c(OC)c1. The second-order valence-electron chi connectivity index (χ2n) is 4.38. The van der Waals surface area contributed by atoms with E-state index in [0.717, 1.165) is 0 Å². The molecule has 3 nitrogen and oxygen atoms in total. The average Bonchev–Trinajstić information content (AvgIpc) is 2.51. The van der Waals surface area contributed by atoms with Crippen molar-refractivity contribution in [3.05, 3.63) is 57.8 Å². The lowest BCUT2D eigenvalue weighted by Crippen LogP contribution is -2.07. The Bertz CT molecular complexity index is 671.